The van der Waals surface area contributed by atoms with Gasteiger partial charge < -0.3 is 5.32 Å². The number of aromatic amines is 1. The lowest BCUT2D eigenvalue weighted by Crippen LogP contribution is -2.39. The fourth-order valence-electron chi connectivity index (χ4n) is 3.65. The summed E-state index contributed by atoms with van der Waals surface area (Å²) in [6.45, 7) is 2.30. The SMILES string of the molecule is CCn1c2c(c(=O)[nH]c1=O)[C@@H](c1cccs1)C1=C(CCCC1=O)N2. The Morgan fingerprint density at radius 2 is 2.12 bits per heavy atom. The molecule has 2 aromatic heterocycles. The van der Waals surface area contributed by atoms with E-state index in [1.54, 1.807) is 0 Å². The van der Waals surface area contributed by atoms with Crippen LogP contribution in [0.15, 0.2) is 38.4 Å². The van der Waals surface area contributed by atoms with Gasteiger partial charge in [0.2, 0.25) is 0 Å². The van der Waals surface area contributed by atoms with Gasteiger partial charge in [0.15, 0.2) is 5.78 Å². The van der Waals surface area contributed by atoms with Gasteiger partial charge in [0.1, 0.15) is 5.82 Å². The van der Waals surface area contributed by atoms with E-state index in [0.717, 1.165) is 23.4 Å². The predicted molar refractivity (Wildman–Crippen MR) is 92.7 cm³/mol. The molecule has 24 heavy (non-hydrogen) atoms. The Balaban J connectivity index is 2.06. The highest BCUT2D eigenvalue weighted by atomic mass is 32.1. The van der Waals surface area contributed by atoms with Crippen molar-refractivity contribution in [2.24, 2.45) is 0 Å². The maximum absolute atomic E-state index is 12.6. The lowest BCUT2D eigenvalue weighted by molar-refractivity contribution is -0.116. The average molecular weight is 343 g/mol. The predicted octanol–water partition coefficient (Wildman–Crippen LogP) is 2.18. The normalized spacial score (nSPS) is 19.7. The van der Waals surface area contributed by atoms with Crippen LogP contribution in [0.2, 0.25) is 0 Å². The lowest BCUT2D eigenvalue weighted by Gasteiger charge is -2.33. The van der Waals surface area contributed by atoms with Gasteiger partial charge in [-0.15, -0.1) is 11.3 Å². The van der Waals surface area contributed by atoms with Gasteiger partial charge in [-0.05, 0) is 31.2 Å². The van der Waals surface area contributed by atoms with Crippen LogP contribution in [0.4, 0.5) is 5.82 Å². The highest BCUT2D eigenvalue weighted by Gasteiger charge is 2.38. The highest BCUT2D eigenvalue weighted by Crippen LogP contribution is 2.44. The van der Waals surface area contributed by atoms with E-state index in [-0.39, 0.29) is 5.78 Å². The van der Waals surface area contributed by atoms with Gasteiger partial charge in [-0.2, -0.15) is 0 Å². The molecule has 0 saturated heterocycles. The molecule has 3 heterocycles. The van der Waals surface area contributed by atoms with Crippen molar-refractivity contribution in [2.45, 2.75) is 38.6 Å². The molecule has 0 spiro atoms. The number of allylic oxidation sites excluding steroid dienone is 2. The van der Waals surface area contributed by atoms with Gasteiger partial charge in [0, 0.05) is 29.1 Å². The minimum atomic E-state index is -0.426. The second-order valence-electron chi connectivity index (χ2n) is 6.01. The van der Waals surface area contributed by atoms with Gasteiger partial charge in [-0.1, -0.05) is 6.07 Å². The van der Waals surface area contributed by atoms with Gasteiger partial charge in [0.25, 0.3) is 5.56 Å². The number of nitrogens with one attached hydrogen (secondary N) is 2. The Hall–Kier alpha value is -2.41. The smallest absolute Gasteiger partial charge is 0.329 e. The monoisotopic (exact) mass is 343 g/mol. The number of hydrogen-bond acceptors (Lipinski definition) is 5. The molecule has 1 atom stereocenters. The standard InChI is InChI=1S/C17H17N3O3S/c1-2-20-15-14(16(22)19-17(20)23)13(11-7-4-8-24-11)12-9(18-15)5-3-6-10(12)21/h4,7-8,13,18H,2-3,5-6H2,1H3,(H,19,22,23)/t13-/m0/s1. The van der Waals surface area contributed by atoms with Crippen molar-refractivity contribution in [3.05, 3.63) is 60.1 Å². The first-order chi connectivity index (χ1) is 11.6. The van der Waals surface area contributed by atoms with E-state index in [9.17, 15) is 14.4 Å². The molecule has 0 radical (unpaired) electrons. The average Bonchev–Trinajstić information content (AvgIpc) is 3.07. The number of rotatable bonds is 2. The molecule has 0 aromatic carbocycles. The fourth-order valence-corrected chi connectivity index (χ4v) is 4.49. The quantitative estimate of drug-likeness (QED) is 0.875. The molecule has 124 valence electrons. The number of aromatic nitrogens is 2. The number of hydrogen-bond donors (Lipinski definition) is 2. The summed E-state index contributed by atoms with van der Waals surface area (Å²) in [4.78, 5) is 40.7. The Bertz CT molecular complexity index is 966. The topological polar surface area (TPSA) is 84.0 Å². The minimum absolute atomic E-state index is 0.0847. The first-order valence-electron chi connectivity index (χ1n) is 8.05. The van der Waals surface area contributed by atoms with E-state index >= 15 is 0 Å². The van der Waals surface area contributed by atoms with Crippen LogP contribution in [0.5, 0.6) is 0 Å². The fraction of sp³-hybridized carbons (Fsp3) is 0.353. The Morgan fingerprint density at radius 3 is 2.83 bits per heavy atom. The van der Waals surface area contributed by atoms with Crippen LogP contribution < -0.4 is 16.6 Å². The number of anilines is 1. The second kappa shape index (κ2) is 5.59. The summed E-state index contributed by atoms with van der Waals surface area (Å²) in [7, 11) is 0. The summed E-state index contributed by atoms with van der Waals surface area (Å²) >= 11 is 1.52. The van der Waals surface area contributed by atoms with Crippen LogP contribution in [0.3, 0.4) is 0 Å². The maximum Gasteiger partial charge on any atom is 0.329 e. The van der Waals surface area contributed by atoms with E-state index in [0.29, 0.717) is 29.9 Å². The van der Waals surface area contributed by atoms with Crippen LogP contribution in [0, 0.1) is 0 Å². The zero-order valence-corrected chi connectivity index (χ0v) is 14.0. The minimum Gasteiger partial charge on any atom is -0.344 e. The molecule has 2 aromatic rings. The van der Waals surface area contributed by atoms with Gasteiger partial charge in [0.05, 0.1) is 11.5 Å². The van der Waals surface area contributed by atoms with Crippen molar-refractivity contribution >= 4 is 22.9 Å². The number of ketones is 1. The number of carbonyl (C=O) groups is 1. The van der Waals surface area contributed by atoms with E-state index in [2.05, 4.69) is 10.3 Å². The van der Waals surface area contributed by atoms with Crippen LogP contribution in [0.25, 0.3) is 0 Å². The molecule has 7 heteroatoms. The zero-order valence-electron chi connectivity index (χ0n) is 13.2. The first kappa shape index (κ1) is 15.1. The number of fused-ring (bicyclic) bond motifs is 1. The summed E-state index contributed by atoms with van der Waals surface area (Å²) in [5.74, 6) is 0.214. The van der Waals surface area contributed by atoms with Crippen LogP contribution in [-0.4, -0.2) is 15.3 Å². The molecule has 1 aliphatic heterocycles. The number of nitrogens with zero attached hydrogens (tertiary/aromatic N) is 1. The zero-order chi connectivity index (χ0) is 16.8. The molecule has 0 saturated carbocycles. The van der Waals surface area contributed by atoms with Crippen molar-refractivity contribution < 1.29 is 4.79 Å². The molecule has 6 nitrogen and oxygen atoms in total. The van der Waals surface area contributed by atoms with E-state index < -0.39 is 17.2 Å². The number of H-pyrrole nitrogens is 1. The van der Waals surface area contributed by atoms with E-state index in [4.69, 9.17) is 0 Å². The van der Waals surface area contributed by atoms with Crippen LogP contribution in [0.1, 0.15) is 42.5 Å². The molecule has 2 N–H and O–H groups in total. The summed E-state index contributed by atoms with van der Waals surface area (Å²) in [5.41, 5.74) is 1.15. The second-order valence-corrected chi connectivity index (χ2v) is 6.99. The largest absolute Gasteiger partial charge is 0.344 e. The van der Waals surface area contributed by atoms with Crippen LogP contribution >= 0.6 is 11.3 Å². The van der Waals surface area contributed by atoms with E-state index in [1.165, 1.54) is 15.9 Å². The third-order valence-corrected chi connectivity index (χ3v) is 5.62. The van der Waals surface area contributed by atoms with Gasteiger partial charge in [-0.25, -0.2) is 4.79 Å². The number of Topliss-reactive ketones (excluding diaryl/α,β-unsaturated/α-hetero) is 1. The molecule has 0 bridgehead atoms. The molecule has 0 amide bonds. The Kier molecular flexibility index (Phi) is 3.53. The summed E-state index contributed by atoms with van der Waals surface area (Å²) in [5, 5.41) is 5.17. The van der Waals surface area contributed by atoms with E-state index in [1.807, 2.05) is 24.4 Å². The number of carbonyl (C=O) groups excluding carboxylic acids is 1. The van der Waals surface area contributed by atoms with Crippen LogP contribution in [-0.2, 0) is 11.3 Å². The molecule has 1 aliphatic carbocycles. The summed E-state index contributed by atoms with van der Waals surface area (Å²) in [6, 6.07) is 3.86. The Labute approximate surface area is 141 Å². The molecule has 0 fully saturated rings. The third-order valence-electron chi connectivity index (χ3n) is 4.68. The Morgan fingerprint density at radius 1 is 1.29 bits per heavy atom. The lowest BCUT2D eigenvalue weighted by atomic mass is 9.79. The van der Waals surface area contributed by atoms with Crippen molar-refractivity contribution in [3.8, 4) is 0 Å². The van der Waals surface area contributed by atoms with Crippen molar-refractivity contribution in [2.75, 3.05) is 5.32 Å². The van der Waals surface area contributed by atoms with Crippen molar-refractivity contribution in [3.63, 3.8) is 0 Å². The maximum atomic E-state index is 12.6. The molecule has 0 unspecified atom stereocenters. The van der Waals surface area contributed by atoms with Gasteiger partial charge in [-0.3, -0.25) is 19.1 Å². The molecule has 4 rings (SSSR count). The molecular formula is C17H17N3O3S. The van der Waals surface area contributed by atoms with Crippen molar-refractivity contribution in [1.82, 2.24) is 9.55 Å². The molecular weight excluding hydrogens is 326 g/mol. The highest BCUT2D eigenvalue weighted by molar-refractivity contribution is 7.10. The summed E-state index contributed by atoms with van der Waals surface area (Å²) < 4.78 is 1.53. The summed E-state index contributed by atoms with van der Waals surface area (Å²) in [6.07, 6.45) is 2.05. The van der Waals surface area contributed by atoms with Gasteiger partial charge >= 0.3 is 5.69 Å². The first-order valence-corrected chi connectivity index (χ1v) is 8.93. The van der Waals surface area contributed by atoms with Crippen molar-refractivity contribution in [1.29, 1.82) is 0 Å². The number of thiophene rings is 1. The molecule has 2 aliphatic rings. The third kappa shape index (κ3) is 2.11.